The molecule has 2 N–H and O–H groups in total. The molecule has 1 aromatic rings. The molecule has 1 aliphatic rings. The highest BCUT2D eigenvalue weighted by molar-refractivity contribution is 8.00. The number of hydrogen-bond acceptors (Lipinski definition) is 3. The maximum atomic E-state index is 5.67. The third-order valence-corrected chi connectivity index (χ3v) is 4.23. The lowest BCUT2D eigenvalue weighted by Gasteiger charge is -2.26. The van der Waals surface area contributed by atoms with Gasteiger partial charge in [0.2, 0.25) is 0 Å². The minimum Gasteiger partial charge on any atom is -0.384 e. The predicted molar refractivity (Wildman–Crippen MR) is 65.9 cm³/mol. The van der Waals surface area contributed by atoms with Crippen molar-refractivity contribution in [1.29, 1.82) is 0 Å². The van der Waals surface area contributed by atoms with E-state index < -0.39 is 0 Å². The molecule has 0 spiro atoms. The van der Waals surface area contributed by atoms with Gasteiger partial charge < -0.3 is 5.73 Å². The number of anilines is 1. The number of aromatic nitrogens is 1. The van der Waals surface area contributed by atoms with Gasteiger partial charge in [-0.05, 0) is 30.9 Å². The molecule has 0 saturated heterocycles. The standard InChI is InChI=1S/C12H18N2S/c1-9-3-2-4-10(7-9)15-11-5-6-14-12(13)8-11/h5-6,8-10H,2-4,7H2,1H3,(H2,13,14). The van der Waals surface area contributed by atoms with Gasteiger partial charge in [0.25, 0.3) is 0 Å². The van der Waals surface area contributed by atoms with Gasteiger partial charge in [0.05, 0.1) is 0 Å². The summed E-state index contributed by atoms with van der Waals surface area (Å²) in [6.45, 7) is 2.35. The van der Waals surface area contributed by atoms with Crippen molar-refractivity contribution < 1.29 is 0 Å². The Morgan fingerprint density at radius 2 is 2.33 bits per heavy atom. The first-order chi connectivity index (χ1) is 7.24. The molecule has 2 unspecified atom stereocenters. The SMILES string of the molecule is CC1CCCC(Sc2ccnc(N)c2)C1. The Kier molecular flexibility index (Phi) is 3.52. The van der Waals surface area contributed by atoms with Crippen LogP contribution >= 0.6 is 11.8 Å². The van der Waals surface area contributed by atoms with Crippen LogP contribution in [0.5, 0.6) is 0 Å². The van der Waals surface area contributed by atoms with Crippen molar-refractivity contribution in [2.75, 3.05) is 5.73 Å². The first-order valence-corrected chi connectivity index (χ1v) is 6.50. The highest BCUT2D eigenvalue weighted by atomic mass is 32.2. The Morgan fingerprint density at radius 3 is 3.07 bits per heavy atom. The van der Waals surface area contributed by atoms with Gasteiger partial charge in [-0.2, -0.15) is 0 Å². The molecule has 2 rings (SSSR count). The number of rotatable bonds is 2. The van der Waals surface area contributed by atoms with Gasteiger partial charge in [-0.3, -0.25) is 0 Å². The molecule has 15 heavy (non-hydrogen) atoms. The molecule has 3 heteroatoms. The number of nitrogens with two attached hydrogens (primary N) is 1. The topological polar surface area (TPSA) is 38.9 Å². The van der Waals surface area contributed by atoms with Crippen LogP contribution in [0.4, 0.5) is 5.82 Å². The zero-order valence-corrected chi connectivity index (χ0v) is 9.96. The van der Waals surface area contributed by atoms with Crippen LogP contribution in [0.1, 0.15) is 32.6 Å². The van der Waals surface area contributed by atoms with Crippen LogP contribution in [0.2, 0.25) is 0 Å². The number of nitrogen functional groups attached to an aromatic ring is 1. The molecule has 1 aliphatic carbocycles. The average molecular weight is 222 g/mol. The van der Waals surface area contributed by atoms with Crippen molar-refractivity contribution in [2.45, 2.75) is 42.8 Å². The molecule has 1 aromatic heterocycles. The summed E-state index contributed by atoms with van der Waals surface area (Å²) < 4.78 is 0. The zero-order chi connectivity index (χ0) is 10.7. The number of thioether (sulfide) groups is 1. The summed E-state index contributed by atoms with van der Waals surface area (Å²) in [5.74, 6) is 1.51. The molecular formula is C12H18N2S. The molecule has 2 atom stereocenters. The van der Waals surface area contributed by atoms with E-state index in [-0.39, 0.29) is 0 Å². The van der Waals surface area contributed by atoms with E-state index in [0.29, 0.717) is 5.82 Å². The van der Waals surface area contributed by atoms with Crippen molar-refractivity contribution in [3.05, 3.63) is 18.3 Å². The predicted octanol–water partition coefficient (Wildman–Crippen LogP) is 3.33. The van der Waals surface area contributed by atoms with Crippen molar-refractivity contribution in [3.63, 3.8) is 0 Å². The van der Waals surface area contributed by atoms with Crippen LogP contribution in [0, 0.1) is 5.92 Å². The average Bonchev–Trinajstić information content (AvgIpc) is 2.17. The van der Waals surface area contributed by atoms with Crippen LogP contribution < -0.4 is 5.73 Å². The largest absolute Gasteiger partial charge is 0.384 e. The van der Waals surface area contributed by atoms with Crippen LogP contribution in [-0.2, 0) is 0 Å². The minimum absolute atomic E-state index is 0.629. The quantitative estimate of drug-likeness (QED) is 0.834. The van der Waals surface area contributed by atoms with Crippen LogP contribution in [0.25, 0.3) is 0 Å². The van der Waals surface area contributed by atoms with Crippen LogP contribution in [0.3, 0.4) is 0 Å². The first kappa shape index (κ1) is 10.8. The lowest BCUT2D eigenvalue weighted by molar-refractivity contribution is 0.394. The number of nitrogens with zero attached hydrogens (tertiary/aromatic N) is 1. The molecule has 1 heterocycles. The summed E-state index contributed by atoms with van der Waals surface area (Å²) in [7, 11) is 0. The molecular weight excluding hydrogens is 204 g/mol. The van der Waals surface area contributed by atoms with Crippen molar-refractivity contribution in [1.82, 2.24) is 4.98 Å². The zero-order valence-electron chi connectivity index (χ0n) is 9.15. The normalized spacial score (nSPS) is 26.5. The van der Waals surface area contributed by atoms with E-state index in [0.717, 1.165) is 11.2 Å². The van der Waals surface area contributed by atoms with Crippen molar-refractivity contribution >= 4 is 17.6 Å². The van der Waals surface area contributed by atoms with Gasteiger partial charge in [-0.25, -0.2) is 4.98 Å². The molecule has 82 valence electrons. The fraction of sp³-hybridized carbons (Fsp3) is 0.583. The molecule has 1 saturated carbocycles. The monoisotopic (exact) mass is 222 g/mol. The molecule has 0 bridgehead atoms. The fourth-order valence-electron chi connectivity index (χ4n) is 2.18. The third-order valence-electron chi connectivity index (χ3n) is 2.94. The van der Waals surface area contributed by atoms with E-state index >= 15 is 0 Å². The Bertz CT molecular complexity index is 327. The maximum Gasteiger partial charge on any atom is 0.124 e. The summed E-state index contributed by atoms with van der Waals surface area (Å²) >= 11 is 1.96. The summed E-state index contributed by atoms with van der Waals surface area (Å²) in [6.07, 6.45) is 7.25. The summed E-state index contributed by atoms with van der Waals surface area (Å²) in [6, 6.07) is 4.03. The van der Waals surface area contributed by atoms with Crippen molar-refractivity contribution in [3.8, 4) is 0 Å². The van der Waals surface area contributed by atoms with E-state index in [4.69, 9.17) is 5.73 Å². The molecule has 0 aliphatic heterocycles. The summed E-state index contributed by atoms with van der Waals surface area (Å²) in [5, 5.41) is 0.774. The van der Waals surface area contributed by atoms with E-state index in [1.54, 1.807) is 6.20 Å². The van der Waals surface area contributed by atoms with Crippen LogP contribution in [0.15, 0.2) is 23.2 Å². The van der Waals surface area contributed by atoms with E-state index in [1.165, 1.54) is 30.6 Å². The van der Waals surface area contributed by atoms with Gasteiger partial charge in [0.1, 0.15) is 5.82 Å². The lowest BCUT2D eigenvalue weighted by Crippen LogP contribution is -2.14. The maximum absolute atomic E-state index is 5.67. The second-order valence-corrected chi connectivity index (χ2v) is 5.80. The highest BCUT2D eigenvalue weighted by Gasteiger charge is 2.19. The molecule has 0 amide bonds. The fourth-order valence-corrected chi connectivity index (χ4v) is 3.60. The van der Waals surface area contributed by atoms with Gasteiger partial charge in [-0.1, -0.05) is 19.8 Å². The van der Waals surface area contributed by atoms with E-state index in [2.05, 4.69) is 18.0 Å². The Labute approximate surface area is 95.7 Å². The van der Waals surface area contributed by atoms with Gasteiger partial charge in [0, 0.05) is 16.3 Å². The van der Waals surface area contributed by atoms with E-state index in [9.17, 15) is 0 Å². The second-order valence-electron chi connectivity index (χ2n) is 4.43. The number of pyridine rings is 1. The highest BCUT2D eigenvalue weighted by Crippen LogP contribution is 2.36. The number of hydrogen-bond donors (Lipinski definition) is 1. The molecule has 1 fully saturated rings. The van der Waals surface area contributed by atoms with E-state index in [1.807, 2.05) is 17.8 Å². The molecule has 2 nitrogen and oxygen atoms in total. The van der Waals surface area contributed by atoms with Gasteiger partial charge in [0.15, 0.2) is 0 Å². The molecule has 0 aromatic carbocycles. The lowest BCUT2D eigenvalue weighted by atomic mass is 9.91. The van der Waals surface area contributed by atoms with Gasteiger partial charge >= 0.3 is 0 Å². The van der Waals surface area contributed by atoms with Crippen LogP contribution in [-0.4, -0.2) is 10.2 Å². The smallest absolute Gasteiger partial charge is 0.124 e. The molecule has 0 radical (unpaired) electrons. The third kappa shape index (κ3) is 3.13. The summed E-state index contributed by atoms with van der Waals surface area (Å²) in [4.78, 5) is 5.28. The Balaban J connectivity index is 1.96. The Hall–Kier alpha value is -0.700. The minimum atomic E-state index is 0.629. The van der Waals surface area contributed by atoms with Gasteiger partial charge in [-0.15, -0.1) is 11.8 Å². The first-order valence-electron chi connectivity index (χ1n) is 5.62. The Morgan fingerprint density at radius 1 is 1.47 bits per heavy atom. The summed E-state index contributed by atoms with van der Waals surface area (Å²) in [5.41, 5.74) is 5.67. The second kappa shape index (κ2) is 4.88. The van der Waals surface area contributed by atoms with Crippen molar-refractivity contribution in [2.24, 2.45) is 5.92 Å².